The molecule has 3 heterocycles. The lowest BCUT2D eigenvalue weighted by atomic mass is 9.78. The highest BCUT2D eigenvalue weighted by Crippen LogP contribution is 2.45. The van der Waals surface area contributed by atoms with Crippen LogP contribution in [-0.4, -0.2) is 43.3 Å². The number of carbonyl (C=O) groups is 2. The summed E-state index contributed by atoms with van der Waals surface area (Å²) >= 11 is 6.28. The van der Waals surface area contributed by atoms with Crippen molar-refractivity contribution in [3.8, 4) is 17.3 Å². The molecule has 1 aliphatic rings. The van der Waals surface area contributed by atoms with E-state index in [-0.39, 0.29) is 35.7 Å². The van der Waals surface area contributed by atoms with E-state index in [0.29, 0.717) is 44.1 Å². The quantitative estimate of drug-likeness (QED) is 0.256. The van der Waals surface area contributed by atoms with Gasteiger partial charge in [-0.2, -0.15) is 5.10 Å². The molecule has 0 spiro atoms. The third-order valence-corrected chi connectivity index (χ3v) is 7.36. The normalized spacial score (nSPS) is 16.0. The lowest BCUT2D eigenvalue weighted by Crippen LogP contribution is -2.33. The molecule has 0 aliphatic carbocycles. The first-order valence-electron chi connectivity index (χ1n) is 12.5. The van der Waals surface area contributed by atoms with Crippen LogP contribution >= 0.6 is 11.6 Å². The van der Waals surface area contributed by atoms with E-state index in [0.717, 1.165) is 0 Å². The zero-order valence-corrected chi connectivity index (χ0v) is 22.3. The van der Waals surface area contributed by atoms with E-state index in [1.165, 1.54) is 6.07 Å². The van der Waals surface area contributed by atoms with Crippen molar-refractivity contribution in [3.05, 3.63) is 94.3 Å². The van der Waals surface area contributed by atoms with E-state index >= 15 is 0 Å². The van der Waals surface area contributed by atoms with Crippen LogP contribution in [0.5, 0.6) is 5.75 Å². The standard InChI is InChI=1S/C29H22ClFN6O4/c1-29(16-6-9-18(10-7-16)41-14-22(38)39)23-25(32)33-27(34-26(23)35-28(29)40)24-19-11-8-17(30)12-21(19)37(36-24)13-15-4-2-3-5-20(15)31/h2-12H,13-14H2,1H3,(H,38,39)(H3,32,33,34,35,40). The Labute approximate surface area is 237 Å². The highest BCUT2D eigenvalue weighted by Gasteiger charge is 2.47. The number of aromatic nitrogens is 4. The van der Waals surface area contributed by atoms with E-state index in [9.17, 15) is 14.0 Å². The Morgan fingerprint density at radius 2 is 1.90 bits per heavy atom. The summed E-state index contributed by atoms with van der Waals surface area (Å²) in [6, 6.07) is 18.2. The highest BCUT2D eigenvalue weighted by molar-refractivity contribution is 6.31. The van der Waals surface area contributed by atoms with Gasteiger partial charge in [0.2, 0.25) is 5.91 Å². The second-order valence-corrected chi connectivity index (χ2v) is 10.1. The van der Waals surface area contributed by atoms with Gasteiger partial charge in [0.15, 0.2) is 12.4 Å². The molecular formula is C29H22ClFN6O4. The third kappa shape index (κ3) is 4.49. The number of fused-ring (bicyclic) bond motifs is 2. The van der Waals surface area contributed by atoms with Gasteiger partial charge in [-0.3, -0.25) is 9.48 Å². The Morgan fingerprint density at radius 3 is 2.63 bits per heavy atom. The number of ether oxygens (including phenoxy) is 1. The summed E-state index contributed by atoms with van der Waals surface area (Å²) < 4.78 is 21.3. The molecule has 1 amide bonds. The van der Waals surface area contributed by atoms with Gasteiger partial charge in [0.05, 0.1) is 17.6 Å². The predicted molar refractivity (Wildman–Crippen MR) is 150 cm³/mol. The number of hydrogen-bond donors (Lipinski definition) is 3. The molecule has 6 rings (SSSR count). The molecule has 41 heavy (non-hydrogen) atoms. The zero-order valence-electron chi connectivity index (χ0n) is 21.6. The molecule has 0 fully saturated rings. The number of hydrogen-bond acceptors (Lipinski definition) is 7. The molecule has 1 aliphatic heterocycles. The van der Waals surface area contributed by atoms with Gasteiger partial charge in [0.1, 0.15) is 34.3 Å². The summed E-state index contributed by atoms with van der Waals surface area (Å²) in [7, 11) is 0. The number of aliphatic carboxylic acids is 1. The van der Waals surface area contributed by atoms with Crippen LogP contribution in [0.4, 0.5) is 16.0 Å². The predicted octanol–water partition coefficient (Wildman–Crippen LogP) is 4.64. The number of nitrogen functional groups attached to an aromatic ring is 1. The van der Waals surface area contributed by atoms with Crippen LogP contribution in [-0.2, 0) is 21.5 Å². The maximum Gasteiger partial charge on any atom is 0.341 e. The number of nitrogens with zero attached hydrogens (tertiary/aromatic N) is 4. The molecule has 1 atom stereocenters. The lowest BCUT2D eigenvalue weighted by molar-refractivity contribution is -0.139. The fourth-order valence-electron chi connectivity index (χ4n) is 5.04. The van der Waals surface area contributed by atoms with Crippen molar-refractivity contribution in [1.29, 1.82) is 0 Å². The molecule has 10 nitrogen and oxygen atoms in total. The number of carboxylic acid groups (broad SMARTS) is 1. The first kappa shape index (κ1) is 26.2. The number of anilines is 2. The Hall–Kier alpha value is -5.03. The molecule has 12 heteroatoms. The van der Waals surface area contributed by atoms with Crippen LogP contribution in [0.2, 0.25) is 5.02 Å². The van der Waals surface area contributed by atoms with Crippen LogP contribution < -0.4 is 15.8 Å². The fraction of sp³-hybridized carbons (Fsp3) is 0.138. The van der Waals surface area contributed by atoms with Gasteiger partial charge < -0.3 is 20.9 Å². The van der Waals surface area contributed by atoms with Crippen LogP contribution in [0, 0.1) is 5.82 Å². The minimum Gasteiger partial charge on any atom is -0.482 e. The van der Waals surface area contributed by atoms with E-state index < -0.39 is 18.0 Å². The number of amides is 1. The number of nitrogens with one attached hydrogen (secondary N) is 1. The number of halogens is 2. The average molecular weight is 573 g/mol. The minimum absolute atomic E-state index is 0.0859. The maximum atomic E-state index is 14.5. The molecule has 1 unspecified atom stereocenters. The molecule has 5 aromatic rings. The minimum atomic E-state index is -1.22. The molecule has 0 radical (unpaired) electrons. The van der Waals surface area contributed by atoms with Gasteiger partial charge in [-0.25, -0.2) is 19.2 Å². The molecular weight excluding hydrogens is 551 g/mol. The van der Waals surface area contributed by atoms with Gasteiger partial charge in [-0.15, -0.1) is 0 Å². The molecule has 2 aromatic heterocycles. The summed E-state index contributed by atoms with van der Waals surface area (Å²) in [6.07, 6.45) is 0. The van der Waals surface area contributed by atoms with Crippen molar-refractivity contribution in [1.82, 2.24) is 19.7 Å². The van der Waals surface area contributed by atoms with E-state index in [1.54, 1.807) is 72.3 Å². The monoisotopic (exact) mass is 572 g/mol. The molecule has 3 aromatic carbocycles. The SMILES string of the molecule is CC1(c2ccc(OCC(=O)O)cc2)C(=O)Nc2nc(-c3nn(Cc4ccccc4F)c4cc(Cl)ccc34)nc(N)c21. The summed E-state index contributed by atoms with van der Waals surface area (Å²) in [6.45, 7) is 1.37. The van der Waals surface area contributed by atoms with Crippen molar-refractivity contribution in [2.24, 2.45) is 0 Å². The maximum absolute atomic E-state index is 14.5. The topological polar surface area (TPSA) is 145 Å². The summed E-state index contributed by atoms with van der Waals surface area (Å²) in [5, 5.41) is 17.5. The molecule has 206 valence electrons. The van der Waals surface area contributed by atoms with Crippen molar-refractivity contribution >= 4 is 46.0 Å². The first-order valence-corrected chi connectivity index (χ1v) is 12.9. The smallest absolute Gasteiger partial charge is 0.341 e. The van der Waals surface area contributed by atoms with Crippen LogP contribution in [0.1, 0.15) is 23.6 Å². The summed E-state index contributed by atoms with van der Waals surface area (Å²) in [4.78, 5) is 33.3. The molecule has 0 saturated carbocycles. The summed E-state index contributed by atoms with van der Waals surface area (Å²) in [5.41, 5.74) is 7.74. The van der Waals surface area contributed by atoms with E-state index in [2.05, 4.69) is 15.3 Å². The Morgan fingerprint density at radius 1 is 1.15 bits per heavy atom. The van der Waals surface area contributed by atoms with Crippen LogP contribution in [0.25, 0.3) is 22.4 Å². The van der Waals surface area contributed by atoms with Crippen LogP contribution in [0.15, 0.2) is 66.7 Å². The third-order valence-electron chi connectivity index (χ3n) is 7.12. The Bertz CT molecular complexity index is 1860. The van der Waals surface area contributed by atoms with Crippen molar-refractivity contribution in [2.75, 3.05) is 17.7 Å². The number of rotatable bonds is 7. The number of benzene rings is 3. The van der Waals surface area contributed by atoms with Gasteiger partial charge in [0.25, 0.3) is 0 Å². The fourth-order valence-corrected chi connectivity index (χ4v) is 5.21. The number of nitrogens with two attached hydrogens (primary N) is 1. The van der Waals surface area contributed by atoms with Crippen molar-refractivity contribution < 1.29 is 23.8 Å². The second-order valence-electron chi connectivity index (χ2n) is 9.70. The van der Waals surface area contributed by atoms with Gasteiger partial charge in [0, 0.05) is 16.0 Å². The van der Waals surface area contributed by atoms with Gasteiger partial charge >= 0.3 is 5.97 Å². The van der Waals surface area contributed by atoms with Crippen LogP contribution in [0.3, 0.4) is 0 Å². The largest absolute Gasteiger partial charge is 0.482 e. The average Bonchev–Trinajstić information content (AvgIpc) is 3.43. The van der Waals surface area contributed by atoms with Crippen molar-refractivity contribution in [2.45, 2.75) is 18.9 Å². The summed E-state index contributed by atoms with van der Waals surface area (Å²) in [5.74, 6) is -0.954. The Kier molecular flexibility index (Phi) is 6.30. The lowest BCUT2D eigenvalue weighted by Gasteiger charge is -2.23. The number of carboxylic acids is 1. The Balaban J connectivity index is 1.41. The molecule has 0 bridgehead atoms. The van der Waals surface area contributed by atoms with E-state index in [1.807, 2.05) is 0 Å². The first-order chi connectivity index (χ1) is 19.6. The van der Waals surface area contributed by atoms with Gasteiger partial charge in [-0.05, 0) is 48.9 Å². The van der Waals surface area contributed by atoms with E-state index in [4.69, 9.17) is 32.3 Å². The zero-order chi connectivity index (χ0) is 28.9. The molecule has 0 saturated heterocycles. The van der Waals surface area contributed by atoms with Gasteiger partial charge in [-0.1, -0.05) is 41.9 Å². The highest BCUT2D eigenvalue weighted by atomic mass is 35.5. The molecule has 4 N–H and O–H groups in total. The van der Waals surface area contributed by atoms with Crippen molar-refractivity contribution in [3.63, 3.8) is 0 Å². The second kappa shape index (κ2) is 9.86. The number of carbonyl (C=O) groups excluding carboxylic acids is 1.